The summed E-state index contributed by atoms with van der Waals surface area (Å²) in [5.41, 5.74) is 0. The van der Waals surface area contributed by atoms with Crippen molar-refractivity contribution < 1.29 is 22.4 Å². The van der Waals surface area contributed by atoms with Gasteiger partial charge in [0, 0.05) is 25.2 Å². The van der Waals surface area contributed by atoms with Gasteiger partial charge in [0.25, 0.3) is 5.89 Å². The monoisotopic (exact) mass is 430 g/mol. The highest BCUT2D eigenvalue weighted by Gasteiger charge is 2.31. The minimum atomic E-state index is -3.54. The van der Waals surface area contributed by atoms with Crippen molar-refractivity contribution in [2.45, 2.75) is 30.3 Å². The molecule has 0 saturated carbocycles. The SMILES string of the molecule is COc1ccc(S(=O)(=O)N2CCC(c3noc(COc4cccnc4)n3)CC2)cc1. The average Bonchev–Trinajstić information content (AvgIpc) is 3.28. The van der Waals surface area contributed by atoms with Crippen molar-refractivity contribution in [3.8, 4) is 11.5 Å². The van der Waals surface area contributed by atoms with E-state index in [2.05, 4.69) is 15.1 Å². The highest BCUT2D eigenvalue weighted by molar-refractivity contribution is 7.89. The molecule has 0 radical (unpaired) electrons. The second kappa shape index (κ2) is 8.80. The normalized spacial score (nSPS) is 15.8. The van der Waals surface area contributed by atoms with Gasteiger partial charge in [-0.3, -0.25) is 4.98 Å². The molecule has 0 unspecified atom stereocenters. The molecule has 1 aromatic carbocycles. The maximum absolute atomic E-state index is 12.9. The van der Waals surface area contributed by atoms with Crippen molar-refractivity contribution in [1.29, 1.82) is 0 Å². The van der Waals surface area contributed by atoms with E-state index < -0.39 is 10.0 Å². The number of ether oxygens (including phenoxy) is 2. The number of hydrogen-bond acceptors (Lipinski definition) is 8. The molecule has 0 amide bonds. The second-order valence-corrected chi connectivity index (χ2v) is 8.82. The first kappa shape index (κ1) is 20.3. The zero-order chi connectivity index (χ0) is 21.0. The number of rotatable bonds is 7. The molecule has 0 bridgehead atoms. The van der Waals surface area contributed by atoms with Crippen molar-refractivity contribution in [3.05, 3.63) is 60.5 Å². The van der Waals surface area contributed by atoms with Crippen molar-refractivity contribution in [2.75, 3.05) is 20.2 Å². The third-order valence-electron chi connectivity index (χ3n) is 5.00. The lowest BCUT2D eigenvalue weighted by Crippen LogP contribution is -2.38. The first-order chi connectivity index (χ1) is 14.6. The van der Waals surface area contributed by atoms with Gasteiger partial charge in [0.2, 0.25) is 10.0 Å². The van der Waals surface area contributed by atoms with E-state index >= 15 is 0 Å². The van der Waals surface area contributed by atoms with Crippen LogP contribution < -0.4 is 9.47 Å². The third kappa shape index (κ3) is 4.44. The summed E-state index contributed by atoms with van der Waals surface area (Å²) in [4.78, 5) is 8.65. The Labute approximate surface area is 174 Å². The topological polar surface area (TPSA) is 108 Å². The number of pyridine rings is 1. The molecule has 9 nitrogen and oxygen atoms in total. The average molecular weight is 430 g/mol. The number of hydrogen-bond donors (Lipinski definition) is 0. The minimum Gasteiger partial charge on any atom is -0.497 e. The number of nitrogens with zero attached hydrogens (tertiary/aromatic N) is 4. The van der Waals surface area contributed by atoms with Crippen molar-refractivity contribution in [2.24, 2.45) is 0 Å². The van der Waals surface area contributed by atoms with Gasteiger partial charge in [-0.15, -0.1) is 0 Å². The molecule has 0 N–H and O–H groups in total. The summed E-state index contributed by atoms with van der Waals surface area (Å²) >= 11 is 0. The Kier molecular flexibility index (Phi) is 5.96. The third-order valence-corrected chi connectivity index (χ3v) is 6.91. The Morgan fingerprint density at radius 2 is 1.90 bits per heavy atom. The molecule has 1 saturated heterocycles. The van der Waals surface area contributed by atoms with E-state index in [0.717, 1.165) is 0 Å². The zero-order valence-electron chi connectivity index (χ0n) is 16.5. The highest BCUT2D eigenvalue weighted by atomic mass is 32.2. The summed E-state index contributed by atoms with van der Waals surface area (Å²) in [5, 5.41) is 4.05. The first-order valence-corrected chi connectivity index (χ1v) is 11.0. The van der Waals surface area contributed by atoms with Crippen molar-refractivity contribution in [1.82, 2.24) is 19.4 Å². The standard InChI is InChI=1S/C20H22N4O5S/c1-27-16-4-6-18(7-5-16)30(25,26)24-11-8-15(9-12-24)20-22-19(29-23-20)14-28-17-3-2-10-21-13-17/h2-7,10,13,15H,8-9,11-12,14H2,1H3. The molecule has 4 rings (SSSR count). The van der Waals surface area contributed by atoms with Gasteiger partial charge in [-0.1, -0.05) is 5.16 Å². The summed E-state index contributed by atoms with van der Waals surface area (Å²) in [7, 11) is -1.99. The van der Waals surface area contributed by atoms with Gasteiger partial charge in [-0.05, 0) is 49.2 Å². The molecular formula is C20H22N4O5S. The largest absolute Gasteiger partial charge is 0.497 e. The maximum atomic E-state index is 12.9. The van der Waals surface area contributed by atoms with Crippen LogP contribution in [0, 0.1) is 0 Å². The smallest absolute Gasteiger partial charge is 0.264 e. The highest BCUT2D eigenvalue weighted by Crippen LogP contribution is 2.30. The lowest BCUT2D eigenvalue weighted by Gasteiger charge is -2.29. The van der Waals surface area contributed by atoms with Gasteiger partial charge in [0.1, 0.15) is 11.5 Å². The number of aromatic nitrogens is 3. The fourth-order valence-electron chi connectivity index (χ4n) is 3.32. The van der Waals surface area contributed by atoms with E-state index in [9.17, 15) is 8.42 Å². The summed E-state index contributed by atoms with van der Waals surface area (Å²) in [6, 6.07) is 10.00. The number of sulfonamides is 1. The van der Waals surface area contributed by atoms with E-state index in [4.69, 9.17) is 14.0 Å². The number of piperidine rings is 1. The Bertz CT molecular complexity index is 1060. The van der Waals surface area contributed by atoms with Gasteiger partial charge >= 0.3 is 0 Å². The quantitative estimate of drug-likeness (QED) is 0.563. The molecule has 0 atom stereocenters. The molecular weight excluding hydrogens is 408 g/mol. The Hall–Kier alpha value is -2.98. The van der Waals surface area contributed by atoms with Crippen LogP contribution in [0.15, 0.2) is 58.2 Å². The predicted octanol–water partition coefficient (Wildman–Crippen LogP) is 2.62. The molecule has 1 fully saturated rings. The molecule has 1 aliphatic heterocycles. The molecule has 1 aliphatic rings. The van der Waals surface area contributed by atoms with Gasteiger partial charge in [-0.2, -0.15) is 9.29 Å². The van der Waals surface area contributed by atoms with Crippen LogP contribution >= 0.6 is 0 Å². The Morgan fingerprint density at radius 1 is 1.13 bits per heavy atom. The molecule has 0 spiro atoms. The summed E-state index contributed by atoms with van der Waals surface area (Å²) in [6.07, 6.45) is 4.52. The predicted molar refractivity (Wildman–Crippen MR) is 107 cm³/mol. The van der Waals surface area contributed by atoms with E-state index in [1.54, 1.807) is 55.9 Å². The maximum Gasteiger partial charge on any atom is 0.264 e. The molecule has 10 heteroatoms. The Morgan fingerprint density at radius 3 is 2.57 bits per heavy atom. The van der Waals surface area contributed by atoms with Gasteiger partial charge in [0.15, 0.2) is 12.4 Å². The fraction of sp³-hybridized carbons (Fsp3) is 0.350. The minimum absolute atomic E-state index is 0.0446. The van der Waals surface area contributed by atoms with Crippen LogP contribution in [0.5, 0.6) is 11.5 Å². The molecule has 158 valence electrons. The van der Waals surface area contributed by atoms with Gasteiger partial charge < -0.3 is 14.0 Å². The lowest BCUT2D eigenvalue weighted by atomic mass is 9.98. The van der Waals surface area contributed by atoms with E-state index in [0.29, 0.717) is 49.1 Å². The van der Waals surface area contributed by atoms with Crippen LogP contribution in [0.1, 0.15) is 30.5 Å². The fourth-order valence-corrected chi connectivity index (χ4v) is 4.79. The molecule has 30 heavy (non-hydrogen) atoms. The van der Waals surface area contributed by atoms with Crippen LogP contribution in [-0.2, 0) is 16.6 Å². The van der Waals surface area contributed by atoms with E-state index in [1.807, 2.05) is 0 Å². The molecule has 2 aromatic heterocycles. The van der Waals surface area contributed by atoms with Crippen LogP contribution in [0.2, 0.25) is 0 Å². The zero-order valence-corrected chi connectivity index (χ0v) is 17.3. The summed E-state index contributed by atoms with van der Waals surface area (Å²) in [6.45, 7) is 0.952. The van der Waals surface area contributed by atoms with Crippen molar-refractivity contribution in [3.63, 3.8) is 0 Å². The Balaban J connectivity index is 1.34. The number of methoxy groups -OCH3 is 1. The number of benzene rings is 1. The van der Waals surface area contributed by atoms with E-state index in [-0.39, 0.29) is 17.4 Å². The van der Waals surface area contributed by atoms with Crippen LogP contribution in [0.3, 0.4) is 0 Å². The first-order valence-electron chi connectivity index (χ1n) is 9.56. The van der Waals surface area contributed by atoms with E-state index in [1.165, 1.54) is 4.31 Å². The molecule has 3 aromatic rings. The summed E-state index contributed by atoms with van der Waals surface area (Å²) in [5.74, 6) is 2.24. The van der Waals surface area contributed by atoms with Gasteiger partial charge in [-0.25, -0.2) is 8.42 Å². The molecule has 0 aliphatic carbocycles. The van der Waals surface area contributed by atoms with Crippen LogP contribution in [-0.4, -0.2) is 48.0 Å². The molecule has 3 heterocycles. The van der Waals surface area contributed by atoms with Crippen molar-refractivity contribution >= 4 is 10.0 Å². The lowest BCUT2D eigenvalue weighted by molar-refractivity contribution is 0.241. The summed E-state index contributed by atoms with van der Waals surface area (Å²) < 4.78 is 43.2. The van der Waals surface area contributed by atoms with Crippen LogP contribution in [0.25, 0.3) is 0 Å². The second-order valence-electron chi connectivity index (χ2n) is 6.88. The van der Waals surface area contributed by atoms with Crippen LogP contribution in [0.4, 0.5) is 0 Å². The van der Waals surface area contributed by atoms with Gasteiger partial charge in [0.05, 0.1) is 18.2 Å².